The second-order valence-electron chi connectivity index (χ2n) is 7.32. The molecule has 0 aliphatic carbocycles. The lowest BCUT2D eigenvalue weighted by Gasteiger charge is -2.11. The first kappa shape index (κ1) is 22.7. The summed E-state index contributed by atoms with van der Waals surface area (Å²) in [4.78, 5) is 32.6. The summed E-state index contributed by atoms with van der Waals surface area (Å²) in [7, 11) is 0. The molecule has 7 heteroatoms. The van der Waals surface area contributed by atoms with Gasteiger partial charge in [-0.2, -0.15) is 0 Å². The quantitative estimate of drug-likeness (QED) is 0.321. The molecule has 0 atom stereocenters. The minimum Gasteiger partial charge on any atom is -0.478 e. The van der Waals surface area contributed by atoms with Crippen molar-refractivity contribution in [3.05, 3.63) is 58.7 Å². The summed E-state index contributed by atoms with van der Waals surface area (Å²) >= 11 is 6.02. The van der Waals surface area contributed by atoms with Gasteiger partial charge in [-0.15, -0.1) is 0 Å². The van der Waals surface area contributed by atoms with Crippen LogP contribution in [0.1, 0.15) is 55.1 Å². The maximum absolute atomic E-state index is 11.8. The molecule has 1 aromatic heterocycles. The molecule has 0 spiro atoms. The fraction of sp³-hybridized carbons (Fsp3) is 0.333. The van der Waals surface area contributed by atoms with Gasteiger partial charge in [0.2, 0.25) is 0 Å². The second-order valence-corrected chi connectivity index (χ2v) is 7.75. The summed E-state index contributed by atoms with van der Waals surface area (Å²) < 4.78 is 5.20. The summed E-state index contributed by atoms with van der Waals surface area (Å²) in [6, 6.07) is 12.1. The van der Waals surface area contributed by atoms with E-state index in [0.717, 1.165) is 36.2 Å². The van der Waals surface area contributed by atoms with Crippen LogP contribution in [-0.4, -0.2) is 33.6 Å². The van der Waals surface area contributed by atoms with E-state index >= 15 is 0 Å². The van der Waals surface area contributed by atoms with Crippen LogP contribution in [0.5, 0.6) is 0 Å². The fourth-order valence-electron chi connectivity index (χ4n) is 3.20. The van der Waals surface area contributed by atoms with Crippen LogP contribution in [0.2, 0.25) is 5.02 Å². The topological polar surface area (TPSA) is 89.4 Å². The van der Waals surface area contributed by atoms with Crippen LogP contribution in [0.15, 0.2) is 42.5 Å². The van der Waals surface area contributed by atoms with Crippen molar-refractivity contribution in [1.29, 1.82) is 0 Å². The number of nitrogens with zero attached hydrogens (tertiary/aromatic N) is 2. The lowest BCUT2D eigenvalue weighted by Crippen LogP contribution is -2.06. The van der Waals surface area contributed by atoms with E-state index in [4.69, 9.17) is 26.3 Å². The predicted molar refractivity (Wildman–Crippen MR) is 120 cm³/mol. The average Bonchev–Trinajstić information content (AvgIpc) is 2.76. The predicted octanol–water partition coefficient (Wildman–Crippen LogP) is 5.70. The van der Waals surface area contributed by atoms with E-state index in [2.05, 4.69) is 6.92 Å². The van der Waals surface area contributed by atoms with Crippen molar-refractivity contribution in [1.82, 2.24) is 9.97 Å². The number of aromatic carboxylic acids is 1. The van der Waals surface area contributed by atoms with E-state index in [1.807, 2.05) is 12.1 Å². The standard InChI is InChI=1S/C24H25ClN2O4/c1-2-3-14-31-22(28)7-5-4-6-20-23(16-8-11-18(25)12-9-16)27-19-13-10-17(24(29)30)15-21(19)26-20/h8-13,15H,2-7,14H2,1H3,(H,29,30). The third-order valence-electron chi connectivity index (χ3n) is 4.91. The Morgan fingerprint density at radius 2 is 1.77 bits per heavy atom. The van der Waals surface area contributed by atoms with Crippen molar-refractivity contribution in [2.24, 2.45) is 0 Å². The summed E-state index contributed by atoms with van der Waals surface area (Å²) in [5, 5.41) is 9.90. The van der Waals surface area contributed by atoms with Crippen LogP contribution in [0, 0.1) is 0 Å². The van der Waals surface area contributed by atoms with Gasteiger partial charge in [0.1, 0.15) is 0 Å². The van der Waals surface area contributed by atoms with Gasteiger partial charge in [-0.05, 0) is 56.0 Å². The Bertz CT molecular complexity index is 1070. The van der Waals surface area contributed by atoms with Gasteiger partial charge in [-0.1, -0.05) is 37.1 Å². The molecule has 0 bridgehead atoms. The van der Waals surface area contributed by atoms with E-state index in [-0.39, 0.29) is 11.5 Å². The maximum atomic E-state index is 11.8. The minimum atomic E-state index is -1.01. The third kappa shape index (κ3) is 6.25. The number of esters is 1. The minimum absolute atomic E-state index is 0.168. The first-order chi connectivity index (χ1) is 15.0. The molecule has 0 saturated heterocycles. The van der Waals surface area contributed by atoms with Gasteiger partial charge in [0, 0.05) is 17.0 Å². The van der Waals surface area contributed by atoms with Crippen molar-refractivity contribution in [3.63, 3.8) is 0 Å². The van der Waals surface area contributed by atoms with Crippen LogP contribution < -0.4 is 0 Å². The molecule has 0 fully saturated rings. The Kier molecular flexibility index (Phi) is 7.95. The van der Waals surface area contributed by atoms with Crippen molar-refractivity contribution >= 4 is 34.6 Å². The van der Waals surface area contributed by atoms with Crippen LogP contribution in [-0.2, 0) is 16.0 Å². The highest BCUT2D eigenvalue weighted by Gasteiger charge is 2.13. The highest BCUT2D eigenvalue weighted by atomic mass is 35.5. The van der Waals surface area contributed by atoms with E-state index < -0.39 is 5.97 Å². The van der Waals surface area contributed by atoms with Crippen molar-refractivity contribution in [2.45, 2.75) is 45.4 Å². The van der Waals surface area contributed by atoms with Crippen molar-refractivity contribution in [3.8, 4) is 11.3 Å². The lowest BCUT2D eigenvalue weighted by atomic mass is 10.0. The molecule has 1 N–H and O–H groups in total. The number of carbonyl (C=O) groups is 2. The van der Waals surface area contributed by atoms with Gasteiger partial charge < -0.3 is 9.84 Å². The Balaban J connectivity index is 1.80. The van der Waals surface area contributed by atoms with E-state index in [9.17, 15) is 14.7 Å². The Hall–Kier alpha value is -2.99. The number of hydrogen-bond donors (Lipinski definition) is 1. The van der Waals surface area contributed by atoms with E-state index in [1.54, 1.807) is 18.2 Å². The van der Waals surface area contributed by atoms with Gasteiger partial charge in [0.05, 0.1) is 34.6 Å². The Labute approximate surface area is 186 Å². The first-order valence-electron chi connectivity index (χ1n) is 10.4. The molecule has 0 unspecified atom stereocenters. The van der Waals surface area contributed by atoms with Gasteiger partial charge >= 0.3 is 11.9 Å². The molecule has 0 aliphatic heterocycles. The molecule has 1 heterocycles. The number of rotatable bonds is 10. The molecular weight excluding hydrogens is 416 g/mol. The molecule has 0 saturated carbocycles. The number of benzene rings is 2. The maximum Gasteiger partial charge on any atom is 0.335 e. The van der Waals surface area contributed by atoms with Gasteiger partial charge in [0.15, 0.2) is 0 Å². The zero-order valence-electron chi connectivity index (χ0n) is 17.4. The summed E-state index contributed by atoms with van der Waals surface area (Å²) in [5.74, 6) is -1.18. The highest BCUT2D eigenvalue weighted by molar-refractivity contribution is 6.30. The third-order valence-corrected chi connectivity index (χ3v) is 5.16. The number of carbonyl (C=O) groups excluding carboxylic acids is 1. The van der Waals surface area contributed by atoms with E-state index in [0.29, 0.717) is 41.9 Å². The number of ether oxygens (including phenoxy) is 1. The highest BCUT2D eigenvalue weighted by Crippen LogP contribution is 2.26. The number of fused-ring (bicyclic) bond motifs is 1. The SMILES string of the molecule is CCCCOC(=O)CCCCc1nc2cc(C(=O)O)ccc2nc1-c1ccc(Cl)cc1. The summed E-state index contributed by atoms with van der Waals surface area (Å²) in [6.45, 7) is 2.52. The zero-order chi connectivity index (χ0) is 22.2. The summed E-state index contributed by atoms with van der Waals surface area (Å²) in [5.41, 5.74) is 3.70. The number of unbranched alkanes of at least 4 members (excludes halogenated alkanes) is 2. The van der Waals surface area contributed by atoms with Crippen LogP contribution in [0.4, 0.5) is 0 Å². The number of aromatic nitrogens is 2. The lowest BCUT2D eigenvalue weighted by molar-refractivity contribution is -0.143. The van der Waals surface area contributed by atoms with Gasteiger partial charge in [0.25, 0.3) is 0 Å². The Morgan fingerprint density at radius 1 is 1.00 bits per heavy atom. The molecule has 6 nitrogen and oxygen atoms in total. The first-order valence-corrected chi connectivity index (χ1v) is 10.8. The molecule has 3 aromatic rings. The molecular formula is C24H25ClN2O4. The fourth-order valence-corrected chi connectivity index (χ4v) is 3.33. The van der Waals surface area contributed by atoms with Crippen LogP contribution >= 0.6 is 11.6 Å². The summed E-state index contributed by atoms with van der Waals surface area (Å²) in [6.07, 6.45) is 4.26. The number of carboxylic acid groups (broad SMARTS) is 1. The number of halogens is 1. The smallest absolute Gasteiger partial charge is 0.335 e. The second kappa shape index (κ2) is 10.9. The normalized spacial score (nSPS) is 10.9. The Morgan fingerprint density at radius 3 is 2.48 bits per heavy atom. The largest absolute Gasteiger partial charge is 0.478 e. The monoisotopic (exact) mass is 440 g/mol. The average molecular weight is 441 g/mol. The molecule has 0 radical (unpaired) electrons. The zero-order valence-corrected chi connectivity index (χ0v) is 18.2. The molecule has 31 heavy (non-hydrogen) atoms. The van der Waals surface area contributed by atoms with E-state index in [1.165, 1.54) is 12.1 Å². The van der Waals surface area contributed by atoms with Crippen LogP contribution in [0.25, 0.3) is 22.3 Å². The van der Waals surface area contributed by atoms with Crippen molar-refractivity contribution < 1.29 is 19.4 Å². The number of aryl methyl sites for hydroxylation is 1. The van der Waals surface area contributed by atoms with Gasteiger partial charge in [-0.3, -0.25) is 4.79 Å². The van der Waals surface area contributed by atoms with Gasteiger partial charge in [-0.25, -0.2) is 14.8 Å². The number of hydrogen-bond acceptors (Lipinski definition) is 5. The molecule has 162 valence electrons. The number of carboxylic acids is 1. The molecule has 3 rings (SSSR count). The molecule has 2 aromatic carbocycles. The van der Waals surface area contributed by atoms with Crippen LogP contribution in [0.3, 0.4) is 0 Å². The molecule has 0 aliphatic rings. The molecule has 0 amide bonds. The van der Waals surface area contributed by atoms with Crippen molar-refractivity contribution in [2.75, 3.05) is 6.61 Å².